The normalized spacial score (nSPS) is 11.6. The summed E-state index contributed by atoms with van der Waals surface area (Å²) < 4.78 is 1.35. The molecule has 19 heavy (non-hydrogen) atoms. The molecule has 1 heterocycles. The van der Waals surface area contributed by atoms with E-state index < -0.39 is 0 Å². The molecule has 2 N–H and O–H groups in total. The molecule has 1 aromatic heterocycles. The van der Waals surface area contributed by atoms with Crippen LogP contribution in [-0.4, -0.2) is 15.6 Å². The summed E-state index contributed by atoms with van der Waals surface area (Å²) in [7, 11) is 0. The smallest absolute Gasteiger partial charge is 0.215 e. The van der Waals surface area contributed by atoms with Gasteiger partial charge in [-0.05, 0) is 92.0 Å². The van der Waals surface area contributed by atoms with Gasteiger partial charge in [-0.15, -0.1) is 0 Å². The number of anilines is 1. The monoisotopic (exact) mass is 613 g/mol. The van der Waals surface area contributed by atoms with Crippen LogP contribution in [0.2, 0.25) is 5.02 Å². The molecule has 0 bridgehead atoms. The van der Waals surface area contributed by atoms with Crippen LogP contribution in [0.4, 0.5) is 5.69 Å². The van der Waals surface area contributed by atoms with Gasteiger partial charge in [0.1, 0.15) is 0 Å². The molecule has 0 atom stereocenters. The molecule has 0 saturated carbocycles. The fourth-order valence-electron chi connectivity index (χ4n) is 1.43. The third-order valence-corrected chi connectivity index (χ3v) is 4.06. The first-order valence-corrected chi connectivity index (χ1v) is 8.63. The number of halogens is 4. The Morgan fingerprint density at radius 1 is 1.26 bits per heavy atom. The van der Waals surface area contributed by atoms with Crippen LogP contribution in [0.1, 0.15) is 16.1 Å². The Morgan fingerprint density at radius 2 is 1.84 bits per heavy atom. The summed E-state index contributed by atoms with van der Waals surface area (Å²) in [6.07, 6.45) is 1.66. The van der Waals surface area contributed by atoms with Crippen molar-refractivity contribution in [2.75, 3.05) is 5.73 Å². The number of nitrogens with two attached hydrogens (primary N) is 1. The lowest BCUT2D eigenvalue weighted by molar-refractivity contribution is 0.103. The molecule has 0 amide bonds. The number of rotatable bonds is 3. The molecule has 0 radical (unpaired) electrons. The summed E-state index contributed by atoms with van der Waals surface area (Å²) in [5.74, 6) is -0.207. The summed E-state index contributed by atoms with van der Waals surface area (Å²) in [5, 5.41) is 4.85. The highest BCUT2D eigenvalue weighted by Gasteiger charge is 2.25. The van der Waals surface area contributed by atoms with Crippen LogP contribution >= 0.6 is 79.4 Å². The molecule has 0 aliphatic carbocycles. The van der Waals surface area contributed by atoms with Crippen molar-refractivity contribution < 1.29 is 4.79 Å². The van der Waals surface area contributed by atoms with E-state index in [0.717, 1.165) is 0 Å². The van der Waals surface area contributed by atoms with Crippen molar-refractivity contribution in [2.45, 2.75) is -0.441 Å². The number of aromatic nitrogens is 2. The minimum Gasteiger partial charge on any atom is -0.396 e. The second kappa shape index (κ2) is 6.02. The zero-order chi connectivity index (χ0) is 14.2. The van der Waals surface area contributed by atoms with Crippen molar-refractivity contribution >= 4 is 90.8 Å². The Morgan fingerprint density at radius 3 is 2.32 bits per heavy atom. The summed E-state index contributed by atoms with van der Waals surface area (Å²) in [6, 6.07) is 6.66. The van der Waals surface area contributed by atoms with Crippen LogP contribution < -0.4 is 5.73 Å². The first-order chi connectivity index (χ1) is 8.79. The molecule has 0 fully saturated rings. The van der Waals surface area contributed by atoms with Gasteiger partial charge in [0.2, 0.25) is 5.34 Å². The average molecular weight is 613 g/mol. The zero-order valence-electron chi connectivity index (χ0n) is 9.28. The average Bonchev–Trinajstić information content (AvgIpc) is 2.71. The van der Waals surface area contributed by atoms with Gasteiger partial charge < -0.3 is 5.73 Å². The Hall–Kier alpha value is 0.380. The van der Waals surface area contributed by atoms with Gasteiger partial charge in [0.25, 0.3) is 0 Å². The van der Waals surface area contributed by atoms with Gasteiger partial charge >= 0.3 is 0 Å². The number of carbonyl (C=O) groups excluding carboxylic acids is 1. The maximum atomic E-state index is 12.3. The molecule has 0 spiro atoms. The van der Waals surface area contributed by atoms with E-state index in [1.165, 1.54) is 0 Å². The van der Waals surface area contributed by atoms with Crippen LogP contribution in [-0.2, 0) is -0.441 Å². The standard InChI is InChI=1S/C11H7ClI3N3O/c12-7-3-1-6(2-4-7)10(19)9-8(16)5-18(17-9)11(13,14)15/h1-5H,16H2. The van der Waals surface area contributed by atoms with Crippen LogP contribution in [0.15, 0.2) is 30.5 Å². The summed E-state index contributed by atoms with van der Waals surface area (Å²) in [5.41, 5.74) is 7.01. The molecule has 1 aromatic carbocycles. The van der Waals surface area contributed by atoms with E-state index in [0.29, 0.717) is 16.3 Å². The Bertz CT molecular complexity index is 619. The Balaban J connectivity index is 2.39. The third kappa shape index (κ3) is 3.73. The number of carbonyl (C=O) groups is 1. The number of hydrogen-bond acceptors (Lipinski definition) is 3. The first kappa shape index (κ1) is 15.8. The third-order valence-electron chi connectivity index (χ3n) is 2.32. The van der Waals surface area contributed by atoms with Gasteiger partial charge in [-0.2, -0.15) is 5.10 Å². The molecular formula is C11H7ClI3N3O. The van der Waals surface area contributed by atoms with Crippen LogP contribution in [0, 0.1) is 0 Å². The SMILES string of the molecule is Nc1cn(C(I)(I)I)nc1C(=O)c1ccc(Cl)cc1. The molecule has 0 unspecified atom stereocenters. The maximum absolute atomic E-state index is 12.3. The molecule has 4 nitrogen and oxygen atoms in total. The number of benzene rings is 1. The van der Waals surface area contributed by atoms with Gasteiger partial charge in [0.05, 0.1) is 11.9 Å². The van der Waals surface area contributed by atoms with Gasteiger partial charge in [-0.3, -0.25) is 4.79 Å². The molecule has 100 valence electrons. The molecule has 0 aliphatic rings. The summed E-state index contributed by atoms with van der Waals surface area (Å²) >= 11 is 12.4. The van der Waals surface area contributed by atoms with Crippen molar-refractivity contribution in [3.05, 3.63) is 46.7 Å². The van der Waals surface area contributed by atoms with Gasteiger partial charge in [-0.1, -0.05) is 11.6 Å². The maximum Gasteiger partial charge on any atom is 0.215 e. The lowest BCUT2D eigenvalue weighted by atomic mass is 10.1. The van der Waals surface area contributed by atoms with E-state index in [9.17, 15) is 4.79 Å². The van der Waals surface area contributed by atoms with Crippen LogP contribution in [0.5, 0.6) is 0 Å². The van der Waals surface area contributed by atoms with Crippen molar-refractivity contribution in [1.82, 2.24) is 9.78 Å². The number of hydrogen-bond donors (Lipinski definition) is 1. The number of alkyl halides is 3. The molecule has 0 aliphatic heterocycles. The van der Waals surface area contributed by atoms with E-state index in [4.69, 9.17) is 17.3 Å². The quantitative estimate of drug-likeness (QED) is 0.321. The Labute approximate surface area is 155 Å². The van der Waals surface area contributed by atoms with Crippen molar-refractivity contribution in [3.63, 3.8) is 0 Å². The molecule has 2 rings (SSSR count). The Kier molecular flexibility index (Phi) is 4.99. The van der Waals surface area contributed by atoms with E-state index in [-0.39, 0.29) is 11.0 Å². The molecule has 8 heteroatoms. The second-order valence-corrected chi connectivity index (χ2v) is 15.0. The van der Waals surface area contributed by atoms with Crippen LogP contribution in [0.3, 0.4) is 0 Å². The lowest BCUT2D eigenvalue weighted by Crippen LogP contribution is -2.12. The van der Waals surface area contributed by atoms with Crippen molar-refractivity contribution in [3.8, 4) is 0 Å². The lowest BCUT2D eigenvalue weighted by Gasteiger charge is -2.11. The van der Waals surface area contributed by atoms with E-state index >= 15 is 0 Å². The van der Waals surface area contributed by atoms with E-state index in [1.807, 2.05) is 0 Å². The molecule has 2 aromatic rings. The number of ketones is 1. The largest absolute Gasteiger partial charge is 0.396 e. The van der Waals surface area contributed by atoms with Gasteiger partial charge in [-0.25, -0.2) is 4.68 Å². The minimum absolute atomic E-state index is 0.207. The minimum atomic E-state index is -0.306. The van der Waals surface area contributed by atoms with Crippen LogP contribution in [0.25, 0.3) is 0 Å². The number of nitrogen functional groups attached to an aromatic ring is 1. The highest BCUT2D eigenvalue weighted by atomic mass is 127. The second-order valence-electron chi connectivity index (χ2n) is 3.68. The predicted molar refractivity (Wildman–Crippen MR) is 102 cm³/mol. The topological polar surface area (TPSA) is 60.9 Å². The highest BCUT2D eigenvalue weighted by Crippen LogP contribution is 2.41. The van der Waals surface area contributed by atoms with Gasteiger partial charge in [0, 0.05) is 10.6 Å². The summed E-state index contributed by atoms with van der Waals surface area (Å²) in [6.45, 7) is 0. The molecular weight excluding hydrogens is 606 g/mol. The van der Waals surface area contributed by atoms with E-state index in [1.54, 1.807) is 35.1 Å². The fourth-order valence-corrected chi connectivity index (χ4v) is 2.30. The fraction of sp³-hybridized carbons (Fsp3) is 0.0909. The highest BCUT2D eigenvalue weighted by molar-refractivity contribution is 14.3. The molecule has 0 saturated heterocycles. The predicted octanol–water partition coefficient (Wildman–Crippen LogP) is 4.22. The van der Waals surface area contributed by atoms with E-state index in [2.05, 4.69) is 72.9 Å². The number of nitrogens with zero attached hydrogens (tertiary/aromatic N) is 2. The zero-order valence-corrected chi connectivity index (χ0v) is 16.5. The first-order valence-electron chi connectivity index (χ1n) is 5.01. The van der Waals surface area contributed by atoms with Crippen molar-refractivity contribution in [2.24, 2.45) is 0 Å². The van der Waals surface area contributed by atoms with Gasteiger partial charge in [0.15, 0.2) is 5.69 Å². The summed E-state index contributed by atoms with van der Waals surface area (Å²) in [4.78, 5) is 12.3. The van der Waals surface area contributed by atoms with Crippen molar-refractivity contribution in [1.29, 1.82) is 0 Å².